The van der Waals surface area contributed by atoms with Crippen molar-refractivity contribution in [2.45, 2.75) is 18.3 Å². The standard InChI is InChI=1S/C11H12FN5O2/c12-7-6(1-5(2-18)9(7)19)17-4-16-8-10(13)14-3-15-11(8)17/h1,3-4,6-7,9,18-19H,2H2,(H2,13,14,15)/t6-,7-,9?/m1/s1. The molecule has 3 rings (SSSR count). The van der Waals surface area contributed by atoms with Crippen molar-refractivity contribution in [1.82, 2.24) is 19.5 Å². The van der Waals surface area contributed by atoms with E-state index in [0.717, 1.165) is 0 Å². The van der Waals surface area contributed by atoms with Crippen LogP contribution in [0.25, 0.3) is 11.2 Å². The van der Waals surface area contributed by atoms with E-state index < -0.39 is 18.3 Å². The first-order chi connectivity index (χ1) is 9.13. The molecule has 0 radical (unpaired) electrons. The summed E-state index contributed by atoms with van der Waals surface area (Å²) in [5, 5.41) is 18.7. The van der Waals surface area contributed by atoms with Gasteiger partial charge < -0.3 is 20.5 Å². The van der Waals surface area contributed by atoms with Gasteiger partial charge in [0.15, 0.2) is 17.6 Å². The van der Waals surface area contributed by atoms with Gasteiger partial charge in [0.05, 0.1) is 19.0 Å². The largest absolute Gasteiger partial charge is 0.392 e. The van der Waals surface area contributed by atoms with Crippen molar-refractivity contribution in [1.29, 1.82) is 0 Å². The number of aliphatic hydroxyl groups excluding tert-OH is 2. The smallest absolute Gasteiger partial charge is 0.166 e. The van der Waals surface area contributed by atoms with Gasteiger partial charge in [-0.15, -0.1) is 0 Å². The van der Waals surface area contributed by atoms with Crippen LogP contribution in [0.1, 0.15) is 6.04 Å². The molecule has 19 heavy (non-hydrogen) atoms. The molecule has 1 aliphatic rings. The SMILES string of the molecule is Nc1ncnc2c1ncn2[C@@H]1C=C(CO)C(O)[C@@H]1F. The summed E-state index contributed by atoms with van der Waals surface area (Å²) >= 11 is 0. The minimum Gasteiger partial charge on any atom is -0.392 e. The van der Waals surface area contributed by atoms with Crippen LogP contribution >= 0.6 is 0 Å². The topological polar surface area (TPSA) is 110 Å². The molecule has 0 saturated heterocycles. The Labute approximate surface area is 107 Å². The minimum atomic E-state index is -1.56. The number of fused-ring (bicyclic) bond motifs is 1. The van der Waals surface area contributed by atoms with Crippen LogP contribution < -0.4 is 5.73 Å². The van der Waals surface area contributed by atoms with Gasteiger partial charge in [-0.05, 0) is 5.57 Å². The average molecular weight is 265 g/mol. The molecule has 4 N–H and O–H groups in total. The quantitative estimate of drug-likeness (QED) is 0.636. The van der Waals surface area contributed by atoms with E-state index in [2.05, 4.69) is 15.0 Å². The lowest BCUT2D eigenvalue weighted by molar-refractivity contribution is 0.0916. The summed E-state index contributed by atoms with van der Waals surface area (Å²) in [6, 6.07) is -0.767. The fraction of sp³-hybridized carbons (Fsp3) is 0.364. The molecule has 2 aromatic heterocycles. The zero-order valence-corrected chi connectivity index (χ0v) is 9.81. The Bertz CT molecular complexity index is 656. The summed E-state index contributed by atoms with van der Waals surface area (Å²) in [4.78, 5) is 11.9. The Hall–Kier alpha value is -2.06. The van der Waals surface area contributed by atoms with Crippen LogP contribution in [0.3, 0.4) is 0 Å². The maximum absolute atomic E-state index is 14.1. The first-order valence-corrected chi connectivity index (χ1v) is 5.70. The summed E-state index contributed by atoms with van der Waals surface area (Å²) in [5.74, 6) is 0.212. The maximum atomic E-state index is 14.1. The van der Waals surface area contributed by atoms with Crippen molar-refractivity contribution in [3.05, 3.63) is 24.3 Å². The maximum Gasteiger partial charge on any atom is 0.166 e. The molecule has 8 heteroatoms. The number of aliphatic hydroxyl groups is 2. The molecule has 2 aromatic rings. The van der Waals surface area contributed by atoms with Gasteiger partial charge in [-0.1, -0.05) is 6.08 Å². The molecule has 0 aromatic carbocycles. The minimum absolute atomic E-state index is 0.212. The highest BCUT2D eigenvalue weighted by Crippen LogP contribution is 2.33. The van der Waals surface area contributed by atoms with Gasteiger partial charge in [-0.3, -0.25) is 0 Å². The summed E-state index contributed by atoms with van der Waals surface area (Å²) in [7, 11) is 0. The zero-order valence-electron chi connectivity index (χ0n) is 9.81. The first-order valence-electron chi connectivity index (χ1n) is 5.70. The highest BCUT2D eigenvalue weighted by Gasteiger charge is 2.37. The number of alkyl halides is 1. The van der Waals surface area contributed by atoms with Gasteiger partial charge in [-0.25, -0.2) is 19.3 Å². The lowest BCUT2D eigenvalue weighted by atomic mass is 10.1. The number of aromatic nitrogens is 4. The van der Waals surface area contributed by atoms with Crippen LogP contribution in [0.15, 0.2) is 24.3 Å². The normalized spacial score (nSPS) is 26.9. The van der Waals surface area contributed by atoms with Crippen molar-refractivity contribution >= 4 is 17.0 Å². The predicted molar refractivity (Wildman–Crippen MR) is 64.8 cm³/mol. The van der Waals surface area contributed by atoms with Crippen LogP contribution in [0.5, 0.6) is 0 Å². The van der Waals surface area contributed by atoms with E-state index in [4.69, 9.17) is 10.8 Å². The van der Waals surface area contributed by atoms with E-state index in [1.165, 1.54) is 23.3 Å². The summed E-state index contributed by atoms with van der Waals surface area (Å²) in [5.41, 5.74) is 6.69. The number of hydrogen-bond donors (Lipinski definition) is 3. The molecule has 0 amide bonds. The van der Waals surface area contributed by atoms with Crippen LogP contribution in [-0.2, 0) is 0 Å². The number of nitrogens with two attached hydrogens (primary N) is 1. The number of nitrogens with zero attached hydrogens (tertiary/aromatic N) is 4. The molecular weight excluding hydrogens is 253 g/mol. The fourth-order valence-corrected chi connectivity index (χ4v) is 2.27. The van der Waals surface area contributed by atoms with Crippen molar-refractivity contribution in [3.63, 3.8) is 0 Å². The Kier molecular flexibility index (Phi) is 2.68. The third-order valence-electron chi connectivity index (χ3n) is 3.28. The molecule has 0 fully saturated rings. The van der Waals surface area contributed by atoms with Crippen LogP contribution in [0, 0.1) is 0 Å². The predicted octanol–water partition coefficient (Wildman–Crippen LogP) is -0.419. The summed E-state index contributed by atoms with van der Waals surface area (Å²) in [6.07, 6.45) is 1.28. The van der Waals surface area contributed by atoms with Gasteiger partial charge >= 0.3 is 0 Å². The third kappa shape index (κ3) is 1.68. The molecule has 1 aliphatic carbocycles. The molecule has 7 nitrogen and oxygen atoms in total. The number of hydrogen-bond acceptors (Lipinski definition) is 6. The molecule has 0 aliphatic heterocycles. The van der Waals surface area contributed by atoms with Gasteiger partial charge in [0.25, 0.3) is 0 Å². The highest BCUT2D eigenvalue weighted by molar-refractivity contribution is 5.81. The van der Waals surface area contributed by atoms with Crippen LogP contribution in [0.2, 0.25) is 0 Å². The van der Waals surface area contributed by atoms with Crippen molar-refractivity contribution in [2.24, 2.45) is 0 Å². The number of imidazole rings is 1. The van der Waals surface area contributed by atoms with Gasteiger partial charge in [0.2, 0.25) is 0 Å². The van der Waals surface area contributed by atoms with Crippen molar-refractivity contribution < 1.29 is 14.6 Å². The lowest BCUT2D eigenvalue weighted by Gasteiger charge is -2.16. The van der Waals surface area contributed by atoms with Gasteiger partial charge in [0, 0.05) is 0 Å². The molecule has 2 heterocycles. The van der Waals surface area contributed by atoms with Crippen molar-refractivity contribution in [3.8, 4) is 0 Å². The monoisotopic (exact) mass is 265 g/mol. The molecule has 0 bridgehead atoms. The van der Waals surface area contributed by atoms with Crippen LogP contribution in [-0.4, -0.2) is 48.6 Å². The number of rotatable bonds is 2. The Morgan fingerprint density at radius 2 is 2.16 bits per heavy atom. The number of allylic oxidation sites excluding steroid dienone is 1. The van der Waals surface area contributed by atoms with E-state index in [9.17, 15) is 9.50 Å². The Morgan fingerprint density at radius 3 is 2.84 bits per heavy atom. The fourth-order valence-electron chi connectivity index (χ4n) is 2.27. The molecular formula is C11H12FN5O2. The average Bonchev–Trinajstić information content (AvgIpc) is 2.94. The third-order valence-corrected chi connectivity index (χ3v) is 3.28. The molecule has 100 valence electrons. The molecule has 1 unspecified atom stereocenters. The Morgan fingerprint density at radius 1 is 1.37 bits per heavy atom. The number of anilines is 1. The highest BCUT2D eigenvalue weighted by atomic mass is 19.1. The molecule has 0 spiro atoms. The molecule has 3 atom stereocenters. The van der Waals surface area contributed by atoms with E-state index in [-0.39, 0.29) is 18.0 Å². The summed E-state index contributed by atoms with van der Waals surface area (Å²) < 4.78 is 15.6. The summed E-state index contributed by atoms with van der Waals surface area (Å²) in [6.45, 7) is -0.387. The van der Waals surface area contributed by atoms with Gasteiger partial charge in [0.1, 0.15) is 17.9 Å². The van der Waals surface area contributed by atoms with Crippen molar-refractivity contribution in [2.75, 3.05) is 12.3 Å². The second-order valence-electron chi connectivity index (χ2n) is 4.36. The van der Waals surface area contributed by atoms with Crippen LogP contribution in [0.4, 0.5) is 10.2 Å². The number of nitrogen functional groups attached to an aromatic ring is 1. The van der Waals surface area contributed by atoms with E-state index >= 15 is 0 Å². The first kappa shape index (κ1) is 12.0. The van der Waals surface area contributed by atoms with E-state index in [1.807, 2.05) is 0 Å². The van der Waals surface area contributed by atoms with E-state index in [1.54, 1.807) is 0 Å². The second kappa shape index (κ2) is 4.25. The lowest BCUT2D eigenvalue weighted by Crippen LogP contribution is -2.26. The zero-order chi connectivity index (χ0) is 13.6. The molecule has 0 saturated carbocycles. The van der Waals surface area contributed by atoms with E-state index in [0.29, 0.717) is 11.2 Å². The van der Waals surface area contributed by atoms with Gasteiger partial charge in [-0.2, -0.15) is 0 Å². The second-order valence-corrected chi connectivity index (χ2v) is 4.36. The Balaban J connectivity index is 2.11. The number of halogens is 1.